The minimum absolute atomic E-state index is 0.263. The number of rotatable bonds is 4. The van der Waals surface area contributed by atoms with Crippen molar-refractivity contribution in [1.82, 2.24) is 16.3 Å². The van der Waals surface area contributed by atoms with E-state index in [1.54, 1.807) is 48.5 Å². The van der Waals surface area contributed by atoms with Crippen LogP contribution in [0.4, 0.5) is 0 Å². The molecule has 8 nitrogen and oxygen atoms in total. The maximum Gasteiger partial charge on any atom is 0.270 e. The van der Waals surface area contributed by atoms with E-state index in [1.807, 2.05) is 83.4 Å². The number of benzene rings is 4. The lowest BCUT2D eigenvalue weighted by molar-refractivity contribution is 0.0846. The molecular formula is C34H37ClN4O4. The zero-order chi connectivity index (χ0) is 32.1. The van der Waals surface area contributed by atoms with Crippen LogP contribution in [-0.4, -0.2) is 23.0 Å². The quantitative estimate of drug-likeness (QED) is 0.0992. The van der Waals surface area contributed by atoms with Crippen LogP contribution in [0.2, 0.25) is 0 Å². The number of nitrogens with one attached hydrogen (secondary N) is 3. The molecule has 0 heterocycles. The summed E-state index contributed by atoms with van der Waals surface area (Å²) < 4.78 is 0. The van der Waals surface area contributed by atoms with Gasteiger partial charge in [-0.15, -0.1) is 0 Å². The van der Waals surface area contributed by atoms with E-state index < -0.39 is 0 Å². The average molecular weight is 601 g/mol. The van der Waals surface area contributed by atoms with Crippen molar-refractivity contribution >= 4 is 34.6 Å². The highest BCUT2D eigenvalue weighted by atomic mass is 35.5. The monoisotopic (exact) mass is 600 g/mol. The summed E-state index contributed by atoms with van der Waals surface area (Å²) in [4.78, 5) is 45.8. The molecule has 0 saturated carbocycles. The molecule has 0 aliphatic rings. The van der Waals surface area contributed by atoms with Crippen molar-refractivity contribution in [2.45, 2.75) is 41.5 Å². The molecule has 0 bridgehead atoms. The topological polar surface area (TPSA) is 130 Å². The number of hydrogen-bond donors (Lipinski definition) is 4. The molecule has 4 aromatic carbocycles. The largest absolute Gasteiger partial charge is 0.290 e. The van der Waals surface area contributed by atoms with Crippen LogP contribution in [-0.2, 0) is 0 Å². The lowest BCUT2D eigenvalue weighted by atomic mass is 9.99. The van der Waals surface area contributed by atoms with Crippen LogP contribution >= 0.6 is 11.6 Å². The molecule has 0 radical (unpaired) electrons. The maximum atomic E-state index is 12.2. The molecule has 4 rings (SSSR count). The van der Waals surface area contributed by atoms with Crippen molar-refractivity contribution in [3.8, 4) is 0 Å². The molecule has 0 aliphatic carbocycles. The van der Waals surface area contributed by atoms with Crippen LogP contribution in [0.3, 0.4) is 0 Å². The van der Waals surface area contributed by atoms with Gasteiger partial charge in [0.25, 0.3) is 23.0 Å². The Bertz CT molecular complexity index is 1540. The number of carbonyl (C=O) groups excluding carboxylic acids is 4. The second-order valence-electron chi connectivity index (χ2n) is 9.93. The summed E-state index contributed by atoms with van der Waals surface area (Å²) in [6, 6.07) is 25.3. The molecule has 224 valence electrons. The van der Waals surface area contributed by atoms with Gasteiger partial charge in [-0.3, -0.25) is 35.5 Å². The van der Waals surface area contributed by atoms with E-state index in [-0.39, 0.29) is 23.0 Å². The Kier molecular flexibility index (Phi) is 13.3. The Balaban J connectivity index is 0.000000248. The Morgan fingerprint density at radius 2 is 0.884 bits per heavy atom. The van der Waals surface area contributed by atoms with Gasteiger partial charge in [0.2, 0.25) is 0 Å². The molecule has 43 heavy (non-hydrogen) atoms. The van der Waals surface area contributed by atoms with Crippen LogP contribution < -0.4 is 22.1 Å². The summed E-state index contributed by atoms with van der Waals surface area (Å²) >= 11 is 5.43. The molecule has 0 aliphatic heterocycles. The third-order valence-corrected chi connectivity index (χ3v) is 6.46. The fourth-order valence-electron chi connectivity index (χ4n) is 4.54. The Morgan fingerprint density at radius 3 is 1.26 bits per heavy atom. The Morgan fingerprint density at radius 1 is 0.535 bits per heavy atom. The molecule has 4 aromatic rings. The van der Waals surface area contributed by atoms with Gasteiger partial charge in [0, 0.05) is 22.3 Å². The van der Waals surface area contributed by atoms with Gasteiger partial charge >= 0.3 is 0 Å². The lowest BCUT2D eigenvalue weighted by Crippen LogP contribution is -2.42. The van der Waals surface area contributed by atoms with Crippen LogP contribution in [0, 0.1) is 41.5 Å². The summed E-state index contributed by atoms with van der Waals surface area (Å²) in [7, 11) is 0. The third kappa shape index (κ3) is 10.5. The van der Waals surface area contributed by atoms with E-state index in [1.165, 1.54) is 0 Å². The molecule has 5 N–H and O–H groups in total. The van der Waals surface area contributed by atoms with E-state index in [0.29, 0.717) is 22.3 Å². The second kappa shape index (κ2) is 16.6. The van der Waals surface area contributed by atoms with Crippen LogP contribution in [0.5, 0.6) is 0 Å². The minimum atomic E-state index is -0.370. The molecule has 9 heteroatoms. The van der Waals surface area contributed by atoms with Crippen molar-refractivity contribution in [2.24, 2.45) is 5.84 Å². The van der Waals surface area contributed by atoms with Gasteiger partial charge < -0.3 is 0 Å². The van der Waals surface area contributed by atoms with E-state index in [4.69, 9.17) is 17.4 Å². The van der Waals surface area contributed by atoms with Crippen molar-refractivity contribution < 1.29 is 19.2 Å². The van der Waals surface area contributed by atoms with Gasteiger partial charge in [-0.25, -0.2) is 5.84 Å². The summed E-state index contributed by atoms with van der Waals surface area (Å²) in [5.41, 5.74) is 15.2. The van der Waals surface area contributed by atoms with Gasteiger partial charge in [0.1, 0.15) is 0 Å². The highest BCUT2D eigenvalue weighted by Crippen LogP contribution is 2.18. The van der Waals surface area contributed by atoms with Crippen LogP contribution in [0.1, 0.15) is 74.8 Å². The minimum Gasteiger partial charge on any atom is -0.290 e. The number of hydrogen-bond acceptors (Lipinski definition) is 5. The smallest absolute Gasteiger partial charge is 0.270 e. The van der Waals surface area contributed by atoms with Crippen LogP contribution in [0.25, 0.3) is 0 Å². The zero-order valence-electron chi connectivity index (χ0n) is 25.2. The molecule has 0 spiro atoms. The normalized spacial score (nSPS) is 9.77. The fraction of sp³-hybridized carbons (Fsp3) is 0.176. The van der Waals surface area contributed by atoms with Crippen molar-refractivity contribution in [2.75, 3.05) is 0 Å². The van der Waals surface area contributed by atoms with E-state index >= 15 is 0 Å². The number of hydrazine groups is 2. The SMILES string of the molecule is Cc1cc(C)c(C(=O)Cl)c(C)c1.Cc1cc(C)c(C(=O)NNC(=O)c2ccccc2)c(C)c1.NNC(=O)c1ccccc1. The predicted octanol–water partition coefficient (Wildman–Crippen LogP) is 5.97. The molecule has 0 unspecified atom stereocenters. The molecule has 0 atom stereocenters. The van der Waals surface area contributed by atoms with Gasteiger partial charge in [0.05, 0.1) is 0 Å². The standard InChI is InChI=1S/C17H18N2O2.C10H11ClO.C7H8N2O/c1-11-9-12(2)15(13(3)10-11)17(21)19-18-16(20)14-7-5-4-6-8-14;1-6-4-7(2)9(10(11)12)8(3)5-6;8-9-7(10)6-4-2-1-3-5-6/h4-10H,1-3H3,(H,18,20)(H,19,21);4-5H,1-3H3;1-5H,8H2,(H,9,10). The first-order valence-electron chi connectivity index (χ1n) is 13.4. The zero-order valence-corrected chi connectivity index (χ0v) is 25.9. The Hall–Kier alpha value is -4.79. The number of nitrogens with two attached hydrogens (primary N) is 1. The maximum absolute atomic E-state index is 12.2. The predicted molar refractivity (Wildman–Crippen MR) is 171 cm³/mol. The highest BCUT2D eigenvalue weighted by Gasteiger charge is 2.14. The molecule has 0 fully saturated rings. The average Bonchev–Trinajstić information content (AvgIpc) is 2.96. The van der Waals surface area contributed by atoms with E-state index in [0.717, 1.165) is 33.4 Å². The summed E-state index contributed by atoms with van der Waals surface area (Å²) in [6.07, 6.45) is 0. The Labute approximate surface area is 257 Å². The first-order valence-corrected chi connectivity index (χ1v) is 13.8. The van der Waals surface area contributed by atoms with Crippen molar-refractivity contribution in [3.63, 3.8) is 0 Å². The highest BCUT2D eigenvalue weighted by molar-refractivity contribution is 6.68. The number of carbonyl (C=O) groups is 4. The third-order valence-electron chi connectivity index (χ3n) is 6.27. The van der Waals surface area contributed by atoms with Gasteiger partial charge in [-0.1, -0.05) is 71.8 Å². The van der Waals surface area contributed by atoms with Gasteiger partial charge in [-0.2, -0.15) is 0 Å². The molecule has 0 aromatic heterocycles. The van der Waals surface area contributed by atoms with E-state index in [9.17, 15) is 19.2 Å². The van der Waals surface area contributed by atoms with Crippen molar-refractivity contribution in [1.29, 1.82) is 0 Å². The summed E-state index contributed by atoms with van der Waals surface area (Å²) in [6.45, 7) is 11.6. The first-order chi connectivity index (χ1) is 20.3. The first kappa shape index (κ1) is 34.4. The van der Waals surface area contributed by atoms with Crippen molar-refractivity contribution in [3.05, 3.63) is 141 Å². The van der Waals surface area contributed by atoms with Crippen LogP contribution in [0.15, 0.2) is 84.9 Å². The molecule has 3 amide bonds. The molecular weight excluding hydrogens is 564 g/mol. The van der Waals surface area contributed by atoms with Gasteiger partial charge in [-0.05, 0) is 99.7 Å². The second-order valence-corrected chi connectivity index (χ2v) is 10.3. The lowest BCUT2D eigenvalue weighted by Gasteiger charge is -2.12. The number of amides is 3. The number of nitrogen functional groups attached to an aromatic ring is 1. The fourth-order valence-corrected chi connectivity index (χ4v) is 4.84. The number of halogens is 1. The summed E-state index contributed by atoms with van der Waals surface area (Å²) in [5, 5.41) is -0.370. The van der Waals surface area contributed by atoms with Gasteiger partial charge in [0.15, 0.2) is 0 Å². The number of aryl methyl sites for hydroxylation is 6. The molecule has 0 saturated heterocycles. The summed E-state index contributed by atoms with van der Waals surface area (Å²) in [5.74, 6) is 3.99. The van der Waals surface area contributed by atoms with E-state index in [2.05, 4.69) is 10.9 Å².